The van der Waals surface area contributed by atoms with Gasteiger partial charge in [0.2, 0.25) is 0 Å². The zero-order chi connectivity index (χ0) is 42.1. The van der Waals surface area contributed by atoms with Gasteiger partial charge in [0.25, 0.3) is 0 Å². The molecule has 9 nitrogen and oxygen atoms in total. The third kappa shape index (κ3) is 10.0. The van der Waals surface area contributed by atoms with Crippen molar-refractivity contribution in [2.75, 3.05) is 49.8 Å². The van der Waals surface area contributed by atoms with Crippen molar-refractivity contribution in [3.63, 3.8) is 0 Å². The van der Waals surface area contributed by atoms with Crippen molar-refractivity contribution in [3.05, 3.63) is 168 Å². The van der Waals surface area contributed by atoms with Crippen LogP contribution in [0.2, 0.25) is 0 Å². The van der Waals surface area contributed by atoms with Crippen molar-refractivity contribution in [1.82, 2.24) is 20.2 Å². The molecule has 1 fully saturated rings. The minimum absolute atomic E-state index is 0.133. The summed E-state index contributed by atoms with van der Waals surface area (Å²) in [4.78, 5) is 15.1. The number of aliphatic imine (C=N–C) groups is 2. The number of nitrogens with zero attached hydrogens (tertiary/aromatic N) is 7. The Labute approximate surface area is 344 Å². The molecule has 3 aromatic carbocycles. The maximum absolute atomic E-state index is 15.3. The number of hydrazine groups is 2. The van der Waals surface area contributed by atoms with Crippen molar-refractivity contribution in [3.8, 4) is 0 Å². The predicted molar refractivity (Wildman–Crippen MR) is 239 cm³/mol. The highest BCUT2D eigenvalue weighted by Crippen LogP contribution is 2.38. The predicted octanol–water partition coefficient (Wildman–Crippen LogP) is 8.58. The second kappa shape index (κ2) is 19.6. The molecule has 2 atom stereocenters. The van der Waals surface area contributed by atoms with E-state index in [2.05, 4.69) is 83.1 Å². The van der Waals surface area contributed by atoms with Gasteiger partial charge in [-0.3, -0.25) is 19.9 Å². The van der Waals surface area contributed by atoms with Gasteiger partial charge in [-0.15, -0.1) is 0 Å². The number of amidine groups is 1. The molecule has 0 spiro atoms. The Hall–Kier alpha value is -5.78. The smallest absolute Gasteiger partial charge is 0.150 e. The fraction of sp³-hybridized carbons (Fsp3) is 0.319. The molecule has 2 bridgehead atoms. The van der Waals surface area contributed by atoms with E-state index in [-0.39, 0.29) is 24.3 Å². The van der Waals surface area contributed by atoms with E-state index in [1.54, 1.807) is 11.1 Å². The van der Waals surface area contributed by atoms with Crippen LogP contribution in [0.5, 0.6) is 0 Å². The SMILES string of the molecule is C=C1CN(Cc2ccccc2)CCN(c2ccc(F)cc2F)NCC(=C)C(N2CC3CC2C(=C)N(C)N(C(=C)C)c2c(C)cc(C)cc2C(/C=C\C=C\N)=N3)=N1.CC. The van der Waals surface area contributed by atoms with Gasteiger partial charge in [0.1, 0.15) is 11.7 Å². The van der Waals surface area contributed by atoms with Crippen LogP contribution in [0.1, 0.15) is 49.4 Å². The average Bonchev–Trinajstić information content (AvgIpc) is 3.60. The Morgan fingerprint density at radius 3 is 2.43 bits per heavy atom. The lowest BCUT2D eigenvalue weighted by molar-refractivity contribution is 0.289. The Morgan fingerprint density at radius 1 is 1.00 bits per heavy atom. The summed E-state index contributed by atoms with van der Waals surface area (Å²) in [6.07, 6.45) is 7.87. The largest absolute Gasteiger partial charge is 0.405 e. The van der Waals surface area contributed by atoms with Gasteiger partial charge in [-0.05, 0) is 74.9 Å². The van der Waals surface area contributed by atoms with Gasteiger partial charge in [-0.1, -0.05) is 88.2 Å². The van der Waals surface area contributed by atoms with Crippen LogP contribution in [0.4, 0.5) is 20.2 Å². The zero-order valence-electron chi connectivity index (χ0n) is 35.0. The summed E-state index contributed by atoms with van der Waals surface area (Å²) in [5.41, 5.74) is 18.5. The number of hydrogen-bond acceptors (Lipinski definition) is 9. The number of aryl methyl sites for hydroxylation is 2. The van der Waals surface area contributed by atoms with E-state index in [1.807, 2.05) is 58.2 Å². The van der Waals surface area contributed by atoms with Gasteiger partial charge in [0, 0.05) is 74.9 Å². The summed E-state index contributed by atoms with van der Waals surface area (Å²) < 4.78 is 29.4. The van der Waals surface area contributed by atoms with Crippen LogP contribution in [0.15, 0.2) is 144 Å². The Bertz CT molecular complexity index is 2120. The van der Waals surface area contributed by atoms with Crippen LogP contribution in [-0.2, 0) is 6.54 Å². The number of likely N-dealkylation sites (tertiary alicyclic amines) is 1. The van der Waals surface area contributed by atoms with Gasteiger partial charge < -0.3 is 15.6 Å². The molecule has 58 heavy (non-hydrogen) atoms. The number of likely N-dealkylation sites (N-methyl/N-ethyl adjacent to an activating group) is 1. The Balaban J connectivity index is 0.00000315. The van der Waals surface area contributed by atoms with Crippen LogP contribution < -0.4 is 21.2 Å². The summed E-state index contributed by atoms with van der Waals surface area (Å²) >= 11 is 0. The first-order valence-electron chi connectivity index (χ1n) is 19.9. The Morgan fingerprint density at radius 2 is 1.74 bits per heavy atom. The highest BCUT2D eigenvalue weighted by Gasteiger charge is 2.40. The molecule has 0 saturated carbocycles. The summed E-state index contributed by atoms with van der Waals surface area (Å²) in [6.45, 7) is 31.1. The summed E-state index contributed by atoms with van der Waals surface area (Å²) in [5, 5.41) is 5.92. The maximum atomic E-state index is 15.3. The number of nitrogens with one attached hydrogen (secondary N) is 1. The second-order valence-electron chi connectivity index (χ2n) is 14.7. The number of anilines is 2. The fourth-order valence-electron chi connectivity index (χ4n) is 7.79. The first kappa shape index (κ1) is 43.3. The molecule has 6 rings (SSSR count). The number of allylic oxidation sites excluding steroid dienone is 4. The fourth-order valence-corrected chi connectivity index (χ4v) is 7.79. The number of nitrogens with two attached hydrogens (primary N) is 1. The molecule has 3 aromatic rings. The van der Waals surface area contributed by atoms with Crippen LogP contribution >= 0.6 is 0 Å². The zero-order valence-corrected chi connectivity index (χ0v) is 35.0. The average molecular weight is 788 g/mol. The first-order chi connectivity index (χ1) is 27.8. The van der Waals surface area contributed by atoms with E-state index in [0.717, 1.165) is 51.1 Å². The van der Waals surface area contributed by atoms with Crippen molar-refractivity contribution in [1.29, 1.82) is 0 Å². The third-order valence-corrected chi connectivity index (χ3v) is 10.3. The van der Waals surface area contributed by atoms with Crippen molar-refractivity contribution >= 4 is 22.9 Å². The van der Waals surface area contributed by atoms with Gasteiger partial charge in [-0.2, -0.15) is 0 Å². The molecule has 306 valence electrons. The second-order valence-corrected chi connectivity index (χ2v) is 14.7. The van der Waals surface area contributed by atoms with E-state index in [4.69, 9.17) is 22.3 Å². The lowest BCUT2D eigenvalue weighted by atomic mass is 9.98. The molecular formula is C47H59F2N9. The molecular weight excluding hydrogens is 729 g/mol. The van der Waals surface area contributed by atoms with E-state index >= 15 is 4.39 Å². The summed E-state index contributed by atoms with van der Waals surface area (Å²) in [7, 11) is 2.02. The summed E-state index contributed by atoms with van der Waals surface area (Å²) in [5.74, 6) is -0.643. The topological polar surface area (TPSA) is 79.0 Å². The highest BCUT2D eigenvalue weighted by atomic mass is 19.1. The monoisotopic (exact) mass is 787 g/mol. The normalized spacial score (nSPS) is 19.8. The molecule has 0 aromatic heterocycles. The van der Waals surface area contributed by atoms with Crippen molar-refractivity contribution < 1.29 is 8.78 Å². The van der Waals surface area contributed by atoms with Gasteiger partial charge in [0.05, 0.1) is 34.9 Å². The van der Waals surface area contributed by atoms with E-state index in [0.29, 0.717) is 56.3 Å². The number of fused-ring (bicyclic) bond motifs is 3. The van der Waals surface area contributed by atoms with Crippen molar-refractivity contribution in [2.45, 2.75) is 59.7 Å². The molecule has 1 saturated heterocycles. The van der Waals surface area contributed by atoms with Crippen LogP contribution in [-0.4, -0.2) is 78.2 Å². The molecule has 3 aliphatic rings. The van der Waals surface area contributed by atoms with Gasteiger partial charge in [-0.25, -0.2) is 19.2 Å². The number of halogens is 2. The van der Waals surface area contributed by atoms with Crippen LogP contribution in [0, 0.1) is 25.5 Å². The maximum Gasteiger partial charge on any atom is 0.150 e. The standard InChI is InChI=1S/C45H53F2N9.C2H6/c1-30(2)56-44-32(4)22-31(3)23-39(44)41(16-12-13-19-48)51-38-25-43(35(7)52(56)8)54(29-38)45-33(5)26-49-55(42-18-17-37(46)24-40(42)47)21-20-53(27-34(6)50-45)28-36-14-10-9-11-15-36;1-2/h9-19,22-24,38,43,49H,1,5-7,20-21,25-29,48H2,2-4,8H3;1-2H3/b16-12-,19-13+,50-45?,51-41?;. The first-order valence-corrected chi connectivity index (χ1v) is 19.9. The van der Waals surface area contributed by atoms with Crippen LogP contribution in [0.3, 0.4) is 0 Å². The minimum atomic E-state index is -0.656. The lowest BCUT2D eigenvalue weighted by Crippen LogP contribution is -2.48. The van der Waals surface area contributed by atoms with Gasteiger partial charge >= 0.3 is 0 Å². The van der Waals surface area contributed by atoms with E-state index in [1.165, 1.54) is 18.3 Å². The van der Waals surface area contributed by atoms with E-state index < -0.39 is 11.6 Å². The molecule has 0 aliphatic carbocycles. The molecule has 3 N–H and O–H groups in total. The lowest BCUT2D eigenvalue weighted by Gasteiger charge is -2.42. The summed E-state index contributed by atoms with van der Waals surface area (Å²) in [6, 6.07) is 17.8. The van der Waals surface area contributed by atoms with Crippen LogP contribution in [0.25, 0.3) is 0 Å². The molecule has 2 unspecified atom stereocenters. The van der Waals surface area contributed by atoms with Crippen molar-refractivity contribution in [2.24, 2.45) is 15.7 Å². The number of benzene rings is 3. The molecule has 3 aliphatic heterocycles. The number of hydrogen-bond donors (Lipinski definition) is 2. The quantitative estimate of drug-likeness (QED) is 0.243. The minimum Gasteiger partial charge on any atom is -0.405 e. The Kier molecular flexibility index (Phi) is 14.6. The third-order valence-electron chi connectivity index (χ3n) is 10.3. The number of rotatable bonds is 6. The molecule has 3 heterocycles. The van der Waals surface area contributed by atoms with Gasteiger partial charge in [0.15, 0.2) is 5.82 Å². The molecule has 0 radical (unpaired) electrons. The molecule has 11 heteroatoms. The highest BCUT2D eigenvalue weighted by molar-refractivity contribution is 6.13. The molecule has 0 amide bonds. The van der Waals surface area contributed by atoms with E-state index in [9.17, 15) is 4.39 Å².